The van der Waals surface area contributed by atoms with Crippen LogP contribution in [0.5, 0.6) is 5.75 Å². The molecule has 92 heavy (non-hydrogen) atoms. The number of amides is 10. The number of hydrogen-bond donors (Lipinski definition) is 15. The number of phenolic OH excluding ortho intramolecular Hbond substituents is 1. The lowest BCUT2D eigenvalue weighted by molar-refractivity contribution is -0.142. The second-order valence-corrected chi connectivity index (χ2v) is 23.5. The minimum Gasteiger partial charge on any atom is -0.508 e. The van der Waals surface area contributed by atoms with E-state index in [0.717, 1.165) is 16.4 Å². The molecule has 2 aliphatic heterocycles. The number of aliphatic hydroxyl groups excluding tert-OH is 1. The van der Waals surface area contributed by atoms with Crippen LogP contribution in [0.25, 0.3) is 21.8 Å². The summed E-state index contributed by atoms with van der Waals surface area (Å²) in [7, 11) is 0. The number of imidazole rings is 2. The van der Waals surface area contributed by atoms with Gasteiger partial charge in [0.1, 0.15) is 60.1 Å². The highest BCUT2D eigenvalue weighted by atomic mass is 16.3. The zero-order chi connectivity index (χ0) is 65.4. The number of carbonyl (C=O) groups is 10. The zero-order valence-corrected chi connectivity index (χ0v) is 51.2. The third-order valence-corrected chi connectivity index (χ3v) is 16.3. The van der Waals surface area contributed by atoms with Crippen LogP contribution in [0.15, 0.2) is 110 Å². The van der Waals surface area contributed by atoms with Crippen molar-refractivity contribution in [1.29, 1.82) is 0 Å². The molecule has 9 rings (SSSR count). The van der Waals surface area contributed by atoms with E-state index in [9.17, 15) is 53.4 Å². The van der Waals surface area contributed by atoms with Crippen LogP contribution in [0.1, 0.15) is 81.0 Å². The maximum Gasteiger partial charge on any atom is 0.246 e. The van der Waals surface area contributed by atoms with E-state index in [2.05, 4.69) is 77.8 Å². The maximum absolute atomic E-state index is 15.1. The van der Waals surface area contributed by atoms with Crippen molar-refractivity contribution < 1.29 is 58.2 Å². The van der Waals surface area contributed by atoms with Crippen molar-refractivity contribution in [3.05, 3.63) is 138 Å². The monoisotopic (exact) mass is 1260 g/mol. The summed E-state index contributed by atoms with van der Waals surface area (Å²) >= 11 is 0. The number of rotatable bonds is 30. The van der Waals surface area contributed by atoms with Gasteiger partial charge in [0.25, 0.3) is 0 Å². The first kappa shape index (κ1) is 66.0. The van der Waals surface area contributed by atoms with Crippen molar-refractivity contribution in [2.24, 2.45) is 5.92 Å². The summed E-state index contributed by atoms with van der Waals surface area (Å²) in [6.45, 7) is 5.05. The number of likely N-dealkylation sites (N-methyl/N-ethyl adjacent to an activating group) is 1. The summed E-state index contributed by atoms with van der Waals surface area (Å²) in [5.74, 6) is -7.28. The number of phenols is 1. The highest BCUT2D eigenvalue weighted by Gasteiger charge is 2.40. The van der Waals surface area contributed by atoms with E-state index in [4.69, 9.17) is 0 Å². The van der Waals surface area contributed by atoms with E-state index < -0.39 is 108 Å². The molecular weight excluding hydrogens is 1180 g/mol. The molecule has 28 nitrogen and oxygen atoms in total. The molecule has 0 aliphatic carbocycles. The lowest BCUT2D eigenvalue weighted by Gasteiger charge is -2.30. The topological polar surface area (TPSA) is 412 Å². The van der Waals surface area contributed by atoms with Gasteiger partial charge in [-0.25, -0.2) is 9.97 Å². The summed E-state index contributed by atoms with van der Waals surface area (Å²) in [6.07, 6.45) is 9.67. The van der Waals surface area contributed by atoms with Crippen LogP contribution in [0.4, 0.5) is 0 Å². The molecule has 0 spiro atoms. The van der Waals surface area contributed by atoms with Crippen LogP contribution < -0.4 is 47.9 Å². The first-order valence-corrected chi connectivity index (χ1v) is 30.8. The number of hydrogen-bond acceptors (Lipinski definition) is 14. The number of para-hydroxylation sites is 2. The average Bonchev–Trinajstić information content (AvgIpc) is 1.68. The Balaban J connectivity index is 0.959. The minimum atomic E-state index is -1.76. The third-order valence-electron chi connectivity index (χ3n) is 16.3. The van der Waals surface area contributed by atoms with Gasteiger partial charge in [-0.15, -0.1) is 0 Å². The smallest absolute Gasteiger partial charge is 0.246 e. The number of H-pyrrole nitrogens is 4. The molecule has 15 N–H and O–H groups in total. The molecule has 0 bridgehead atoms. The van der Waals surface area contributed by atoms with Gasteiger partial charge >= 0.3 is 0 Å². The number of fused-ring (bicyclic) bond motifs is 2. The summed E-state index contributed by atoms with van der Waals surface area (Å²) in [4.78, 5) is 164. The maximum atomic E-state index is 15.1. The molecule has 6 heterocycles. The van der Waals surface area contributed by atoms with E-state index in [-0.39, 0.29) is 87.1 Å². The normalized spacial score (nSPS) is 16.9. The number of aromatic amines is 4. The number of carbonyl (C=O) groups excluding carboxylic acids is 10. The van der Waals surface area contributed by atoms with E-state index in [1.807, 2.05) is 50.2 Å². The zero-order valence-electron chi connectivity index (χ0n) is 51.2. The number of likely N-dealkylation sites (tertiary alicyclic amines) is 1. The fraction of sp³-hybridized carbons (Fsp3) is 0.406. The van der Waals surface area contributed by atoms with Crippen molar-refractivity contribution in [3.8, 4) is 5.75 Å². The number of nitrogens with zero attached hydrogens (tertiary/aromatic N) is 3. The van der Waals surface area contributed by atoms with Gasteiger partial charge in [-0.1, -0.05) is 62.4 Å². The number of aliphatic hydroxyl groups is 1. The number of nitrogens with one attached hydrogen (secondary N) is 13. The molecule has 3 aromatic carbocycles. The molecule has 28 heteroatoms. The Labute approximate surface area is 528 Å². The van der Waals surface area contributed by atoms with E-state index >= 15 is 4.79 Å². The molecule has 486 valence electrons. The Morgan fingerprint density at radius 1 is 0.576 bits per heavy atom. The Hall–Kier alpha value is -10.4. The summed E-state index contributed by atoms with van der Waals surface area (Å²) < 4.78 is 0. The Morgan fingerprint density at radius 3 is 1.57 bits per heavy atom. The van der Waals surface area contributed by atoms with E-state index in [1.54, 1.807) is 43.6 Å². The number of aromatic nitrogens is 6. The van der Waals surface area contributed by atoms with Gasteiger partial charge in [0.2, 0.25) is 59.1 Å². The Morgan fingerprint density at radius 2 is 1.07 bits per heavy atom. The molecule has 2 aliphatic rings. The fourth-order valence-corrected chi connectivity index (χ4v) is 11.6. The molecule has 0 unspecified atom stereocenters. The summed E-state index contributed by atoms with van der Waals surface area (Å²) in [5, 5.41) is 46.9. The number of benzene rings is 3. The lowest BCUT2D eigenvalue weighted by Crippen LogP contribution is -2.61. The lowest BCUT2D eigenvalue weighted by atomic mass is 9.99. The molecule has 0 radical (unpaired) electrons. The molecule has 10 amide bonds. The SMILES string of the molecule is CCNC(=O)[C@@H]1CCCN1C(=O)[C@H](Cc1ccc(O)cc1)NC(=O)[C@H](CC(C)C)NC(=O)[C@@H](Cc1c[nH]c2ccccc12)NC(=O)[C@H](Cc1c[nH]cn1)NC(=O)[C@H](CO)NC(=O)[C@H](Cc1c[nH]c2ccccc12)NC(=O)[C@H](Cc1c[nH]cn1)NC(=O)[C@@H]1CCC(=O)N1. The third kappa shape index (κ3) is 17.1. The minimum absolute atomic E-state index is 0.0125. The largest absolute Gasteiger partial charge is 0.508 e. The van der Waals surface area contributed by atoms with Crippen LogP contribution in [-0.4, -0.2) is 178 Å². The first-order chi connectivity index (χ1) is 44.3. The fourth-order valence-electron chi connectivity index (χ4n) is 11.6. The van der Waals surface area contributed by atoms with Crippen molar-refractivity contribution in [2.75, 3.05) is 19.7 Å². The van der Waals surface area contributed by atoms with Crippen molar-refractivity contribution in [3.63, 3.8) is 0 Å². The second kappa shape index (κ2) is 30.9. The second-order valence-electron chi connectivity index (χ2n) is 23.5. The van der Waals surface area contributed by atoms with Crippen molar-refractivity contribution >= 4 is 80.9 Å². The Kier molecular flexibility index (Phi) is 22.2. The van der Waals surface area contributed by atoms with Gasteiger partial charge in [0.05, 0.1) is 30.6 Å². The average molecular weight is 1260 g/mol. The highest BCUT2D eigenvalue weighted by molar-refractivity contribution is 6.00. The Bertz CT molecular complexity index is 3730. The molecule has 9 atom stereocenters. The quantitative estimate of drug-likeness (QED) is 0.0285. The van der Waals surface area contributed by atoms with Crippen LogP contribution in [-0.2, 0) is 80.0 Å². The van der Waals surface area contributed by atoms with Gasteiger partial charge in [0, 0.05) is 98.2 Å². The number of aromatic hydroxyl groups is 1. The van der Waals surface area contributed by atoms with Gasteiger partial charge in [-0.05, 0) is 79.5 Å². The highest BCUT2D eigenvalue weighted by Crippen LogP contribution is 2.24. The van der Waals surface area contributed by atoms with E-state index in [1.165, 1.54) is 42.1 Å². The van der Waals surface area contributed by atoms with Crippen molar-refractivity contribution in [2.45, 2.75) is 139 Å². The summed E-state index contributed by atoms with van der Waals surface area (Å²) in [5.41, 5.74) is 3.90. The molecule has 4 aromatic heterocycles. The predicted octanol–water partition coefficient (Wildman–Crippen LogP) is 0.152. The van der Waals surface area contributed by atoms with Crippen molar-refractivity contribution in [1.82, 2.24) is 82.7 Å². The molecule has 2 fully saturated rings. The molecule has 7 aromatic rings. The first-order valence-electron chi connectivity index (χ1n) is 30.8. The van der Waals surface area contributed by atoms with Crippen LogP contribution >= 0.6 is 0 Å². The molecule has 0 saturated carbocycles. The van der Waals surface area contributed by atoms with Gasteiger partial charge in [-0.2, -0.15) is 0 Å². The van der Waals surface area contributed by atoms with Crippen LogP contribution in [0, 0.1) is 5.92 Å². The summed E-state index contributed by atoms with van der Waals surface area (Å²) in [6, 6.07) is 8.85. The van der Waals surface area contributed by atoms with Crippen LogP contribution in [0.3, 0.4) is 0 Å². The van der Waals surface area contributed by atoms with Gasteiger partial charge < -0.3 is 82.9 Å². The van der Waals surface area contributed by atoms with Gasteiger partial charge in [0.15, 0.2) is 0 Å². The molecular formula is C64H78N16O12. The van der Waals surface area contributed by atoms with E-state index in [0.29, 0.717) is 47.2 Å². The van der Waals surface area contributed by atoms with Crippen LogP contribution in [0.2, 0.25) is 0 Å². The van der Waals surface area contributed by atoms with Gasteiger partial charge in [-0.3, -0.25) is 47.9 Å². The molecule has 2 saturated heterocycles. The standard InChI is InChI=1S/C64H78N16O12/c1-4-67-63(91)54-14-9-21-80(54)64(92)52(23-36-15-17-41(82)18-16-36)78-57(85)47(22-35(2)3)73-58(86)48(24-37-28-68-44-12-7-5-10-42(37)44)74-61(89)51(27-40-31-66-34-71-40)77-62(90)53(32-81)79-59(87)49(25-38-29-69-45-13-8-6-11-43(38)45)75-60(88)50(26-39-30-65-33-70-39)76-56(84)46-19-20-55(83)72-46/h5-8,10-13,15-18,28-31,33-35,46-54,68-69,81-82H,4,9,14,19-27,32H2,1-3H3,(H,65,70)(H,66,71)(H,67,91)(H,72,83)(H,73,86)(H,74,89)(H,75,88)(H,76,84)(H,77,90)(H,78,85)(H,79,87)/t46-,47-,48+,49-,50-,51-,52-,53-,54-/m0/s1. The predicted molar refractivity (Wildman–Crippen MR) is 335 cm³/mol.